The fourth-order valence-corrected chi connectivity index (χ4v) is 4.63. The molecule has 2 N–H and O–H groups in total. The van der Waals surface area contributed by atoms with Crippen molar-refractivity contribution in [3.8, 4) is 6.07 Å². The van der Waals surface area contributed by atoms with E-state index in [-0.39, 0.29) is 34.3 Å². The van der Waals surface area contributed by atoms with E-state index in [2.05, 4.69) is 6.07 Å². The number of benzene rings is 1. The van der Waals surface area contributed by atoms with Crippen LogP contribution in [0.1, 0.15) is 17.9 Å². The monoisotopic (exact) mass is 409 g/mol. The summed E-state index contributed by atoms with van der Waals surface area (Å²) in [6.45, 7) is 0. The lowest BCUT2D eigenvalue weighted by Gasteiger charge is -2.37. The number of methoxy groups -OCH3 is 1. The van der Waals surface area contributed by atoms with Crippen LogP contribution in [0.3, 0.4) is 0 Å². The fraction of sp³-hybridized carbons (Fsp3) is 0.235. The van der Waals surface area contributed by atoms with Crippen molar-refractivity contribution in [1.29, 1.82) is 5.26 Å². The van der Waals surface area contributed by atoms with Gasteiger partial charge in [-0.2, -0.15) is 5.26 Å². The third kappa shape index (κ3) is 2.94. The maximum Gasteiger partial charge on any atom is 0.338 e. The first-order valence-electron chi connectivity index (χ1n) is 7.53. The van der Waals surface area contributed by atoms with E-state index < -0.39 is 11.9 Å². The van der Waals surface area contributed by atoms with Gasteiger partial charge in [-0.15, -0.1) is 11.8 Å². The fourth-order valence-electron chi connectivity index (χ4n) is 2.99. The Labute approximate surface area is 164 Å². The predicted molar refractivity (Wildman–Crippen MR) is 99.0 cm³/mol. The molecular formula is C17H13Cl2N3O3S. The van der Waals surface area contributed by atoms with Crippen LogP contribution in [0, 0.1) is 11.3 Å². The first-order chi connectivity index (χ1) is 12.4. The maximum atomic E-state index is 12.5. The molecule has 1 atom stereocenters. The summed E-state index contributed by atoms with van der Waals surface area (Å²) in [5.41, 5.74) is 6.90. The molecule has 134 valence electrons. The first-order valence-corrected chi connectivity index (χ1v) is 9.27. The number of carbonyl (C=O) groups excluding carboxylic acids is 2. The Morgan fingerprint density at radius 3 is 2.81 bits per heavy atom. The average molecular weight is 410 g/mol. The number of nitriles is 1. The third-order valence-electron chi connectivity index (χ3n) is 4.13. The molecule has 0 spiro atoms. The lowest BCUT2D eigenvalue weighted by Crippen LogP contribution is -2.42. The van der Waals surface area contributed by atoms with Gasteiger partial charge in [0.2, 0.25) is 5.91 Å². The minimum atomic E-state index is -0.845. The number of fused-ring (bicyclic) bond motifs is 1. The number of carbonyl (C=O) groups is 2. The lowest BCUT2D eigenvalue weighted by molar-refractivity contribution is -0.136. The number of ether oxygens (including phenoxy) is 1. The standard InChI is InChI=1S/C17H13Cl2N3O3S/c1-25-17(24)14-13(9-3-2-8(18)6-11(9)19)10(7-20)16-22(15(14)21)12(23)4-5-26-16/h2-3,6,13H,4-5,21H2,1H3. The number of rotatable bonds is 2. The van der Waals surface area contributed by atoms with E-state index in [9.17, 15) is 14.9 Å². The van der Waals surface area contributed by atoms with Crippen molar-refractivity contribution in [3.63, 3.8) is 0 Å². The molecule has 0 aromatic heterocycles. The highest BCUT2D eigenvalue weighted by molar-refractivity contribution is 8.03. The number of thioether (sulfide) groups is 1. The Bertz CT molecular complexity index is 920. The van der Waals surface area contributed by atoms with Crippen molar-refractivity contribution in [1.82, 2.24) is 4.90 Å². The average Bonchev–Trinajstić information content (AvgIpc) is 2.61. The molecule has 6 nitrogen and oxygen atoms in total. The lowest BCUT2D eigenvalue weighted by atomic mass is 9.83. The summed E-state index contributed by atoms with van der Waals surface area (Å²) in [5, 5.41) is 10.9. The molecular weight excluding hydrogens is 397 g/mol. The Balaban J connectivity index is 2.31. The SMILES string of the molecule is COC(=O)C1=C(N)N2C(=O)CCSC2=C(C#N)C1c1ccc(Cl)cc1Cl. The van der Waals surface area contributed by atoms with Gasteiger partial charge in [0.1, 0.15) is 5.82 Å². The van der Waals surface area contributed by atoms with E-state index in [0.717, 1.165) is 0 Å². The van der Waals surface area contributed by atoms with Crippen molar-refractivity contribution < 1.29 is 14.3 Å². The second-order valence-corrected chi connectivity index (χ2v) is 7.47. The Kier molecular flexibility index (Phi) is 5.19. The van der Waals surface area contributed by atoms with Crippen molar-refractivity contribution in [2.45, 2.75) is 12.3 Å². The van der Waals surface area contributed by atoms with E-state index in [1.54, 1.807) is 12.1 Å². The second-order valence-electron chi connectivity index (χ2n) is 5.55. The predicted octanol–water partition coefficient (Wildman–Crippen LogP) is 3.13. The van der Waals surface area contributed by atoms with Gasteiger partial charge in [-0.25, -0.2) is 4.79 Å². The quantitative estimate of drug-likeness (QED) is 0.753. The number of allylic oxidation sites excluding steroid dienone is 1. The molecule has 2 heterocycles. The number of nitrogens with zero attached hydrogens (tertiary/aromatic N) is 2. The van der Waals surface area contributed by atoms with Crippen LogP contribution < -0.4 is 5.73 Å². The highest BCUT2D eigenvalue weighted by atomic mass is 35.5. The van der Waals surface area contributed by atoms with Crippen molar-refractivity contribution in [2.24, 2.45) is 5.73 Å². The first kappa shape index (κ1) is 18.6. The molecule has 2 aliphatic heterocycles. The van der Waals surface area contributed by atoms with Gasteiger partial charge in [-0.1, -0.05) is 29.3 Å². The van der Waals surface area contributed by atoms with Crippen LogP contribution >= 0.6 is 35.0 Å². The molecule has 1 unspecified atom stereocenters. The van der Waals surface area contributed by atoms with Gasteiger partial charge >= 0.3 is 5.97 Å². The summed E-state index contributed by atoms with van der Waals surface area (Å²) in [5.74, 6) is -1.36. The van der Waals surface area contributed by atoms with Crippen LogP contribution in [0.15, 0.2) is 40.2 Å². The van der Waals surface area contributed by atoms with Crippen LogP contribution in [-0.2, 0) is 14.3 Å². The molecule has 26 heavy (non-hydrogen) atoms. The topological polar surface area (TPSA) is 96.4 Å². The van der Waals surface area contributed by atoms with Gasteiger partial charge in [0, 0.05) is 22.2 Å². The molecule has 2 aliphatic rings. The van der Waals surface area contributed by atoms with Gasteiger partial charge in [-0.05, 0) is 17.7 Å². The molecule has 0 saturated carbocycles. The molecule has 1 aromatic rings. The van der Waals surface area contributed by atoms with E-state index in [1.807, 2.05) is 0 Å². The molecule has 1 amide bonds. The van der Waals surface area contributed by atoms with E-state index in [0.29, 0.717) is 21.4 Å². The summed E-state index contributed by atoms with van der Waals surface area (Å²) in [7, 11) is 1.21. The zero-order chi connectivity index (χ0) is 19.0. The van der Waals surface area contributed by atoms with Gasteiger partial charge in [0.15, 0.2) is 0 Å². The summed E-state index contributed by atoms with van der Waals surface area (Å²) in [4.78, 5) is 26.1. The van der Waals surface area contributed by atoms with Crippen molar-refractivity contribution in [3.05, 3.63) is 55.8 Å². The maximum absolute atomic E-state index is 12.5. The Morgan fingerprint density at radius 2 is 2.19 bits per heavy atom. The van der Waals surface area contributed by atoms with Crippen LogP contribution in [0.5, 0.6) is 0 Å². The zero-order valence-corrected chi connectivity index (χ0v) is 15.9. The smallest absolute Gasteiger partial charge is 0.338 e. The molecule has 0 radical (unpaired) electrons. The zero-order valence-electron chi connectivity index (χ0n) is 13.6. The molecule has 3 rings (SSSR count). The normalized spacial score (nSPS) is 20.0. The van der Waals surface area contributed by atoms with Gasteiger partial charge in [0.05, 0.1) is 35.3 Å². The molecule has 0 bridgehead atoms. The molecule has 9 heteroatoms. The number of esters is 1. The minimum absolute atomic E-state index is 0.00729. The Hall–Kier alpha value is -2.14. The molecule has 1 fully saturated rings. The highest BCUT2D eigenvalue weighted by Gasteiger charge is 2.43. The minimum Gasteiger partial charge on any atom is -0.466 e. The van der Waals surface area contributed by atoms with Crippen LogP contribution in [0.2, 0.25) is 10.0 Å². The van der Waals surface area contributed by atoms with E-state index >= 15 is 0 Å². The van der Waals surface area contributed by atoms with Crippen LogP contribution in [0.4, 0.5) is 0 Å². The van der Waals surface area contributed by atoms with E-state index in [4.69, 9.17) is 33.7 Å². The highest BCUT2D eigenvalue weighted by Crippen LogP contribution is 2.47. The number of nitrogens with two attached hydrogens (primary N) is 1. The third-order valence-corrected chi connectivity index (χ3v) is 5.78. The molecule has 1 aromatic carbocycles. The van der Waals surface area contributed by atoms with Gasteiger partial charge < -0.3 is 10.5 Å². The summed E-state index contributed by atoms with van der Waals surface area (Å²) >= 11 is 13.6. The largest absolute Gasteiger partial charge is 0.466 e. The summed E-state index contributed by atoms with van der Waals surface area (Å²) in [6.07, 6.45) is 0.258. The summed E-state index contributed by atoms with van der Waals surface area (Å²) < 4.78 is 4.86. The number of halogens is 2. The van der Waals surface area contributed by atoms with Crippen molar-refractivity contribution >= 4 is 46.8 Å². The number of hydrogen-bond donors (Lipinski definition) is 1. The summed E-state index contributed by atoms with van der Waals surface area (Å²) in [6, 6.07) is 6.89. The van der Waals surface area contributed by atoms with Crippen molar-refractivity contribution in [2.75, 3.05) is 12.9 Å². The number of amides is 1. The van der Waals surface area contributed by atoms with Crippen LogP contribution in [0.25, 0.3) is 0 Å². The van der Waals surface area contributed by atoms with Crippen LogP contribution in [-0.4, -0.2) is 29.6 Å². The van der Waals surface area contributed by atoms with Gasteiger partial charge in [0.25, 0.3) is 0 Å². The number of hydrogen-bond acceptors (Lipinski definition) is 6. The second kappa shape index (κ2) is 7.23. The molecule has 0 aliphatic carbocycles. The molecule has 1 saturated heterocycles. The van der Waals surface area contributed by atoms with Gasteiger partial charge in [-0.3, -0.25) is 9.69 Å². The Morgan fingerprint density at radius 1 is 1.46 bits per heavy atom. The van der Waals surface area contributed by atoms with E-state index in [1.165, 1.54) is 29.8 Å².